The van der Waals surface area contributed by atoms with Gasteiger partial charge in [-0.05, 0) is 48.7 Å². The normalized spacial score (nSPS) is 16.5. The number of nitrogen functional groups attached to an aromatic ring is 1. The SMILES string of the molecule is Nc1ncccc1C(=O)Nc1cnn2c1C(=O)N(c1ccc(C(F)(F)F)c(CO)c1)CC21CC1. The number of aliphatic hydroxyl groups excluding tert-OH is 1. The number of pyridine rings is 1. The molecule has 12 heteroatoms. The lowest BCUT2D eigenvalue weighted by Crippen LogP contribution is -2.48. The highest BCUT2D eigenvalue weighted by molar-refractivity contribution is 6.14. The summed E-state index contributed by atoms with van der Waals surface area (Å²) in [6.45, 7) is -0.624. The van der Waals surface area contributed by atoms with Gasteiger partial charge >= 0.3 is 6.18 Å². The van der Waals surface area contributed by atoms with E-state index in [1.807, 2.05) is 0 Å². The number of carbonyl (C=O) groups excluding carboxylic acids is 2. The molecule has 2 amide bonds. The summed E-state index contributed by atoms with van der Waals surface area (Å²) >= 11 is 0. The Kier molecular flexibility index (Phi) is 4.86. The summed E-state index contributed by atoms with van der Waals surface area (Å²) in [4.78, 5) is 31.5. The number of carbonyl (C=O) groups is 2. The van der Waals surface area contributed by atoms with Crippen LogP contribution in [0.4, 0.5) is 30.4 Å². The Morgan fingerprint density at radius 2 is 2.03 bits per heavy atom. The molecule has 0 atom stereocenters. The molecule has 2 aliphatic rings. The van der Waals surface area contributed by atoms with Crippen LogP contribution < -0.4 is 16.0 Å². The summed E-state index contributed by atoms with van der Waals surface area (Å²) in [7, 11) is 0. The molecule has 0 saturated heterocycles. The summed E-state index contributed by atoms with van der Waals surface area (Å²) in [5.41, 5.74) is 4.58. The zero-order chi connectivity index (χ0) is 24.3. The van der Waals surface area contributed by atoms with Gasteiger partial charge < -0.3 is 21.1 Å². The van der Waals surface area contributed by atoms with Gasteiger partial charge in [0.1, 0.15) is 5.82 Å². The molecular weight excluding hydrogens is 453 g/mol. The molecule has 1 fully saturated rings. The lowest BCUT2D eigenvalue weighted by molar-refractivity contribution is -0.138. The van der Waals surface area contributed by atoms with Gasteiger partial charge in [0.25, 0.3) is 11.8 Å². The number of aliphatic hydroxyl groups is 1. The molecule has 9 nitrogen and oxygen atoms in total. The van der Waals surface area contributed by atoms with E-state index in [0.29, 0.717) is 12.8 Å². The van der Waals surface area contributed by atoms with Crippen molar-refractivity contribution in [3.63, 3.8) is 0 Å². The maximum absolute atomic E-state index is 13.5. The molecule has 0 unspecified atom stereocenters. The van der Waals surface area contributed by atoms with E-state index in [1.54, 1.807) is 10.7 Å². The van der Waals surface area contributed by atoms with Crippen LogP contribution in [-0.2, 0) is 18.3 Å². The van der Waals surface area contributed by atoms with Gasteiger partial charge in [-0.25, -0.2) is 9.67 Å². The predicted octanol–water partition coefficient (Wildman–Crippen LogP) is 2.77. The largest absolute Gasteiger partial charge is 0.416 e. The fourth-order valence-corrected chi connectivity index (χ4v) is 4.24. The Morgan fingerprint density at radius 1 is 1.26 bits per heavy atom. The predicted molar refractivity (Wildman–Crippen MR) is 115 cm³/mol. The van der Waals surface area contributed by atoms with E-state index in [-0.39, 0.29) is 40.6 Å². The highest BCUT2D eigenvalue weighted by Crippen LogP contribution is 2.49. The summed E-state index contributed by atoms with van der Waals surface area (Å²) in [5.74, 6) is -1.09. The average Bonchev–Trinajstić information content (AvgIpc) is 3.45. The number of hydrogen-bond donors (Lipinski definition) is 3. The number of amides is 2. The van der Waals surface area contributed by atoms with Crippen molar-refractivity contribution in [1.82, 2.24) is 14.8 Å². The first-order chi connectivity index (χ1) is 16.1. The molecule has 3 aromatic rings. The summed E-state index contributed by atoms with van der Waals surface area (Å²) in [6.07, 6.45) is -0.405. The van der Waals surface area contributed by atoms with Gasteiger partial charge in [0.05, 0.1) is 41.7 Å². The minimum atomic E-state index is -4.63. The number of halogens is 3. The van der Waals surface area contributed by atoms with Crippen molar-refractivity contribution in [2.24, 2.45) is 0 Å². The van der Waals surface area contributed by atoms with E-state index < -0.39 is 35.7 Å². The van der Waals surface area contributed by atoms with Crippen LogP contribution >= 0.6 is 0 Å². The highest BCUT2D eigenvalue weighted by Gasteiger charge is 2.54. The minimum Gasteiger partial charge on any atom is -0.392 e. The number of benzene rings is 1. The van der Waals surface area contributed by atoms with E-state index in [4.69, 9.17) is 5.73 Å². The van der Waals surface area contributed by atoms with Crippen LogP contribution in [0.15, 0.2) is 42.7 Å². The van der Waals surface area contributed by atoms with Crippen molar-refractivity contribution >= 4 is 29.0 Å². The number of nitrogens with zero attached hydrogens (tertiary/aromatic N) is 4. The Morgan fingerprint density at radius 3 is 2.68 bits per heavy atom. The molecule has 1 saturated carbocycles. The molecule has 176 valence electrons. The van der Waals surface area contributed by atoms with Gasteiger partial charge in [-0.1, -0.05) is 0 Å². The molecule has 3 heterocycles. The molecule has 34 heavy (non-hydrogen) atoms. The minimum absolute atomic E-state index is 0.0222. The Hall–Kier alpha value is -3.93. The lowest BCUT2D eigenvalue weighted by Gasteiger charge is -2.34. The molecule has 0 bridgehead atoms. The Balaban J connectivity index is 1.52. The van der Waals surface area contributed by atoms with E-state index in [9.17, 15) is 27.9 Å². The number of hydrogen-bond acceptors (Lipinski definition) is 6. The van der Waals surface area contributed by atoms with E-state index in [0.717, 1.165) is 12.1 Å². The molecule has 1 aliphatic heterocycles. The van der Waals surface area contributed by atoms with Gasteiger partial charge in [0.2, 0.25) is 0 Å². The maximum atomic E-state index is 13.5. The van der Waals surface area contributed by atoms with Crippen LogP contribution in [0, 0.1) is 0 Å². The van der Waals surface area contributed by atoms with Crippen molar-refractivity contribution in [3.8, 4) is 0 Å². The zero-order valence-electron chi connectivity index (χ0n) is 17.6. The van der Waals surface area contributed by atoms with Crippen LogP contribution in [-0.4, -0.2) is 38.2 Å². The van der Waals surface area contributed by atoms with Gasteiger partial charge in [0.15, 0.2) is 5.69 Å². The molecule has 1 aromatic carbocycles. The molecular formula is C22H19F3N6O3. The fourth-order valence-electron chi connectivity index (χ4n) is 4.24. The molecule has 0 radical (unpaired) electrons. The molecule has 1 aliphatic carbocycles. The average molecular weight is 472 g/mol. The maximum Gasteiger partial charge on any atom is 0.416 e. The number of nitrogens with two attached hydrogens (primary N) is 1. The topological polar surface area (TPSA) is 126 Å². The van der Waals surface area contributed by atoms with Gasteiger partial charge in [-0.2, -0.15) is 18.3 Å². The molecule has 1 spiro atoms. The quantitative estimate of drug-likeness (QED) is 0.536. The second-order valence-corrected chi connectivity index (χ2v) is 8.32. The third-order valence-corrected chi connectivity index (χ3v) is 6.15. The number of fused-ring (bicyclic) bond motifs is 2. The first kappa shape index (κ1) is 21.9. The summed E-state index contributed by atoms with van der Waals surface area (Å²) < 4.78 is 41.4. The first-order valence-electron chi connectivity index (χ1n) is 10.4. The van der Waals surface area contributed by atoms with Crippen molar-refractivity contribution < 1.29 is 27.9 Å². The van der Waals surface area contributed by atoms with Gasteiger partial charge in [-0.3, -0.25) is 9.59 Å². The highest BCUT2D eigenvalue weighted by atomic mass is 19.4. The lowest BCUT2D eigenvalue weighted by atomic mass is 10.0. The summed E-state index contributed by atoms with van der Waals surface area (Å²) in [5, 5.41) is 16.5. The summed E-state index contributed by atoms with van der Waals surface area (Å²) in [6, 6.07) is 6.26. The van der Waals surface area contributed by atoms with E-state index in [1.165, 1.54) is 29.4 Å². The molecule has 2 aromatic heterocycles. The van der Waals surface area contributed by atoms with E-state index >= 15 is 0 Å². The van der Waals surface area contributed by atoms with Crippen LogP contribution in [0.1, 0.15) is 44.8 Å². The van der Waals surface area contributed by atoms with E-state index in [2.05, 4.69) is 15.4 Å². The fraction of sp³-hybridized carbons (Fsp3) is 0.273. The first-order valence-corrected chi connectivity index (χ1v) is 10.4. The number of rotatable bonds is 4. The Bertz CT molecular complexity index is 1320. The number of aromatic nitrogens is 3. The smallest absolute Gasteiger partial charge is 0.392 e. The Labute approximate surface area is 191 Å². The standard InChI is InChI=1S/C22H19F3N6O3/c23-22(24,25)15-4-3-13(8-12(15)10-32)30-11-21(5-6-21)31-17(20(30)34)16(9-28-31)29-19(33)14-2-1-7-27-18(14)26/h1-4,7-9,32H,5-6,10-11H2,(H2,26,27)(H,29,33). The number of alkyl halides is 3. The van der Waals surface area contributed by atoms with Crippen molar-refractivity contribution in [3.05, 3.63) is 65.1 Å². The van der Waals surface area contributed by atoms with Crippen LogP contribution in [0.3, 0.4) is 0 Å². The third-order valence-electron chi connectivity index (χ3n) is 6.15. The second-order valence-electron chi connectivity index (χ2n) is 8.32. The van der Waals surface area contributed by atoms with Crippen molar-refractivity contribution in [1.29, 1.82) is 0 Å². The molecule has 4 N–H and O–H groups in total. The number of anilines is 3. The number of nitrogens with one attached hydrogen (secondary N) is 1. The third kappa shape index (κ3) is 3.46. The van der Waals surface area contributed by atoms with Crippen molar-refractivity contribution in [2.45, 2.75) is 31.2 Å². The van der Waals surface area contributed by atoms with Crippen molar-refractivity contribution in [2.75, 3.05) is 22.5 Å². The van der Waals surface area contributed by atoms with Crippen LogP contribution in [0.5, 0.6) is 0 Å². The zero-order valence-corrected chi connectivity index (χ0v) is 17.6. The second kappa shape index (κ2) is 7.55. The van der Waals surface area contributed by atoms with Gasteiger partial charge in [-0.15, -0.1) is 0 Å². The molecule has 5 rings (SSSR count). The van der Waals surface area contributed by atoms with Gasteiger partial charge in [0, 0.05) is 11.9 Å². The van der Waals surface area contributed by atoms with Crippen LogP contribution in [0.2, 0.25) is 0 Å². The van der Waals surface area contributed by atoms with Crippen LogP contribution in [0.25, 0.3) is 0 Å². The monoisotopic (exact) mass is 472 g/mol.